The molecule has 0 amide bonds. The van der Waals surface area contributed by atoms with E-state index in [1.807, 2.05) is 19.9 Å². The Morgan fingerprint density at radius 2 is 1.81 bits per heavy atom. The first-order chi connectivity index (χ1) is 18.0. The van der Waals surface area contributed by atoms with E-state index in [1.165, 1.54) is 38.8 Å². The molecule has 0 aliphatic carbocycles. The number of hydrogen-bond donors (Lipinski definition) is 1. The number of nitrogens with zero attached hydrogens (tertiary/aromatic N) is 3. The van der Waals surface area contributed by atoms with Crippen molar-refractivity contribution in [1.82, 2.24) is 14.8 Å². The smallest absolute Gasteiger partial charge is 0.163 e. The van der Waals surface area contributed by atoms with Gasteiger partial charge in [-0.15, -0.1) is 0 Å². The van der Waals surface area contributed by atoms with Crippen LogP contribution in [-0.4, -0.2) is 74.8 Å². The van der Waals surface area contributed by atoms with Crippen molar-refractivity contribution in [1.29, 1.82) is 0 Å². The van der Waals surface area contributed by atoms with Crippen molar-refractivity contribution in [3.8, 4) is 22.8 Å². The Balaban J connectivity index is 1.42. The van der Waals surface area contributed by atoms with Crippen LogP contribution < -0.4 is 14.8 Å². The molecule has 3 aromatic rings. The summed E-state index contributed by atoms with van der Waals surface area (Å²) < 4.78 is 17.9. The summed E-state index contributed by atoms with van der Waals surface area (Å²) in [6.45, 7) is 11.4. The molecule has 7 nitrogen and oxygen atoms in total. The molecule has 4 heterocycles. The standard InChI is InChI=1S/C30H42N4O3/c1-21-16-24(22(2)37-21)27-18-26(31-20-23-8-13-33(3)14-9-23)25-17-29(35-4)30(19-28(25)32-27)36-15-7-12-34-10-5-6-11-34/h16-19,23H,5-15,20H2,1-4H3,(H,31,32). The molecule has 2 aromatic heterocycles. The molecule has 2 fully saturated rings. The molecule has 0 unspecified atom stereocenters. The molecule has 5 rings (SSSR count). The van der Waals surface area contributed by atoms with Gasteiger partial charge in [0.25, 0.3) is 0 Å². The van der Waals surface area contributed by atoms with Crippen LogP contribution in [0.3, 0.4) is 0 Å². The summed E-state index contributed by atoms with van der Waals surface area (Å²) in [7, 11) is 3.92. The summed E-state index contributed by atoms with van der Waals surface area (Å²) in [5, 5.41) is 4.82. The molecule has 0 spiro atoms. The zero-order valence-electron chi connectivity index (χ0n) is 22.9. The van der Waals surface area contributed by atoms with Crippen molar-refractivity contribution in [2.75, 3.05) is 65.3 Å². The average molecular weight is 507 g/mol. The minimum absolute atomic E-state index is 0.666. The topological polar surface area (TPSA) is 63.0 Å². The van der Waals surface area contributed by atoms with Crippen molar-refractivity contribution >= 4 is 16.6 Å². The number of aromatic nitrogens is 1. The van der Waals surface area contributed by atoms with Gasteiger partial charge in [-0.3, -0.25) is 0 Å². The molecule has 0 saturated carbocycles. The van der Waals surface area contributed by atoms with E-state index in [9.17, 15) is 0 Å². The van der Waals surface area contributed by atoms with Gasteiger partial charge in [-0.1, -0.05) is 0 Å². The van der Waals surface area contributed by atoms with Gasteiger partial charge in [0, 0.05) is 35.8 Å². The Labute approximate surface area is 221 Å². The fraction of sp³-hybridized carbons (Fsp3) is 0.567. The third-order valence-electron chi connectivity index (χ3n) is 7.91. The van der Waals surface area contributed by atoms with Crippen LogP contribution in [0, 0.1) is 19.8 Å². The van der Waals surface area contributed by atoms with E-state index in [4.69, 9.17) is 18.9 Å². The number of likely N-dealkylation sites (tertiary alicyclic amines) is 2. The molecule has 1 N–H and O–H groups in total. The number of anilines is 1. The highest BCUT2D eigenvalue weighted by atomic mass is 16.5. The van der Waals surface area contributed by atoms with Crippen LogP contribution in [0.4, 0.5) is 5.69 Å². The molecule has 2 aliphatic heterocycles. The number of furan rings is 1. The maximum absolute atomic E-state index is 6.24. The van der Waals surface area contributed by atoms with Crippen LogP contribution in [0.2, 0.25) is 0 Å². The van der Waals surface area contributed by atoms with E-state index in [0.29, 0.717) is 12.5 Å². The monoisotopic (exact) mass is 506 g/mol. The van der Waals surface area contributed by atoms with E-state index < -0.39 is 0 Å². The Kier molecular flexibility index (Phi) is 8.20. The summed E-state index contributed by atoms with van der Waals surface area (Å²) in [5.74, 6) is 3.95. The van der Waals surface area contributed by atoms with Crippen molar-refractivity contribution < 1.29 is 13.9 Å². The maximum atomic E-state index is 6.24. The first kappa shape index (κ1) is 25.9. The molecule has 0 atom stereocenters. The van der Waals surface area contributed by atoms with Crippen molar-refractivity contribution in [3.63, 3.8) is 0 Å². The highest BCUT2D eigenvalue weighted by molar-refractivity contribution is 5.96. The van der Waals surface area contributed by atoms with Crippen molar-refractivity contribution in [3.05, 3.63) is 35.8 Å². The van der Waals surface area contributed by atoms with Gasteiger partial charge < -0.3 is 29.0 Å². The van der Waals surface area contributed by atoms with Gasteiger partial charge in [0.2, 0.25) is 0 Å². The van der Waals surface area contributed by atoms with Gasteiger partial charge in [0.15, 0.2) is 11.5 Å². The second kappa shape index (κ2) is 11.7. The predicted molar refractivity (Wildman–Crippen MR) is 150 cm³/mol. The van der Waals surface area contributed by atoms with Gasteiger partial charge in [0.1, 0.15) is 11.5 Å². The third kappa shape index (κ3) is 6.21. The number of hydrogen-bond acceptors (Lipinski definition) is 7. The number of methoxy groups -OCH3 is 1. The number of fused-ring (bicyclic) bond motifs is 1. The zero-order valence-corrected chi connectivity index (χ0v) is 22.9. The highest BCUT2D eigenvalue weighted by Gasteiger charge is 2.19. The van der Waals surface area contributed by atoms with E-state index >= 15 is 0 Å². The summed E-state index contributed by atoms with van der Waals surface area (Å²) >= 11 is 0. The lowest BCUT2D eigenvalue weighted by Gasteiger charge is -2.29. The van der Waals surface area contributed by atoms with E-state index in [0.717, 1.165) is 83.5 Å². The lowest BCUT2D eigenvalue weighted by atomic mass is 9.97. The van der Waals surface area contributed by atoms with Crippen LogP contribution in [0.15, 0.2) is 28.7 Å². The molecular formula is C30H42N4O3. The quantitative estimate of drug-likeness (QED) is 0.352. The molecule has 0 bridgehead atoms. The lowest BCUT2D eigenvalue weighted by molar-refractivity contribution is 0.226. The Morgan fingerprint density at radius 1 is 1.03 bits per heavy atom. The van der Waals surface area contributed by atoms with Crippen LogP contribution >= 0.6 is 0 Å². The summed E-state index contributed by atoms with van der Waals surface area (Å²) in [6, 6.07) is 8.34. The fourth-order valence-corrected chi connectivity index (χ4v) is 5.67. The zero-order chi connectivity index (χ0) is 25.8. The lowest BCUT2D eigenvalue weighted by Crippen LogP contribution is -2.32. The van der Waals surface area contributed by atoms with Crippen LogP contribution in [0.1, 0.15) is 43.6 Å². The average Bonchev–Trinajstić information content (AvgIpc) is 3.54. The molecule has 1 aromatic carbocycles. The molecule has 0 radical (unpaired) electrons. The highest BCUT2D eigenvalue weighted by Crippen LogP contribution is 2.38. The van der Waals surface area contributed by atoms with Gasteiger partial charge in [-0.2, -0.15) is 0 Å². The number of ether oxygens (including phenoxy) is 2. The largest absolute Gasteiger partial charge is 0.493 e. The second-order valence-electron chi connectivity index (χ2n) is 10.8. The predicted octanol–water partition coefficient (Wildman–Crippen LogP) is 5.74. The first-order valence-corrected chi connectivity index (χ1v) is 13.9. The van der Waals surface area contributed by atoms with Crippen molar-refractivity contribution in [2.45, 2.75) is 46.0 Å². The SMILES string of the molecule is COc1cc2c(NCC3CCN(C)CC3)cc(-c3cc(C)oc3C)nc2cc1OCCCN1CCCC1. The number of nitrogens with one attached hydrogen (secondary N) is 1. The van der Waals surface area contributed by atoms with Gasteiger partial charge in [-0.25, -0.2) is 4.98 Å². The summed E-state index contributed by atoms with van der Waals surface area (Å²) in [4.78, 5) is 10.00. The van der Waals surface area contributed by atoms with E-state index in [1.54, 1.807) is 7.11 Å². The van der Waals surface area contributed by atoms with Gasteiger partial charge in [-0.05, 0) is 103 Å². The Bertz CT molecular complexity index is 1190. The second-order valence-corrected chi connectivity index (χ2v) is 10.8. The number of piperidine rings is 1. The molecular weight excluding hydrogens is 464 g/mol. The minimum Gasteiger partial charge on any atom is -0.493 e. The summed E-state index contributed by atoms with van der Waals surface area (Å²) in [5.41, 5.74) is 3.93. The minimum atomic E-state index is 0.666. The van der Waals surface area contributed by atoms with Crippen molar-refractivity contribution in [2.24, 2.45) is 5.92 Å². The molecule has 2 aliphatic rings. The number of aryl methyl sites for hydroxylation is 2. The van der Waals surface area contributed by atoms with E-state index in [-0.39, 0.29) is 0 Å². The number of pyridine rings is 1. The summed E-state index contributed by atoms with van der Waals surface area (Å²) in [6.07, 6.45) is 6.08. The third-order valence-corrected chi connectivity index (χ3v) is 7.91. The number of benzene rings is 1. The van der Waals surface area contributed by atoms with Crippen LogP contribution in [0.5, 0.6) is 11.5 Å². The Morgan fingerprint density at radius 3 is 2.51 bits per heavy atom. The van der Waals surface area contributed by atoms with Gasteiger partial charge in [0.05, 0.1) is 24.9 Å². The van der Waals surface area contributed by atoms with Gasteiger partial charge >= 0.3 is 0 Å². The maximum Gasteiger partial charge on any atom is 0.163 e. The molecule has 7 heteroatoms. The first-order valence-electron chi connectivity index (χ1n) is 13.9. The molecule has 2 saturated heterocycles. The van der Waals surface area contributed by atoms with E-state index in [2.05, 4.69) is 40.4 Å². The normalized spacial score (nSPS) is 17.5. The van der Waals surface area contributed by atoms with Crippen LogP contribution in [0.25, 0.3) is 22.2 Å². The molecule has 37 heavy (non-hydrogen) atoms. The number of rotatable bonds is 10. The van der Waals surface area contributed by atoms with Crippen LogP contribution in [-0.2, 0) is 0 Å². The Hall–Kier alpha value is -2.77. The fourth-order valence-electron chi connectivity index (χ4n) is 5.67. The molecule has 200 valence electrons.